The van der Waals surface area contributed by atoms with Gasteiger partial charge in [-0.15, -0.1) is 0 Å². The quantitative estimate of drug-likeness (QED) is 0.642. The van der Waals surface area contributed by atoms with Crippen molar-refractivity contribution in [3.05, 3.63) is 59.2 Å². The SMILES string of the molecule is CN=C(NCc1ccnc(C)n1)N1CCOC(c2cccc(C(F)(F)F)c2)C1. The number of hydrogen-bond donors (Lipinski definition) is 1. The highest BCUT2D eigenvalue weighted by Crippen LogP contribution is 2.32. The molecule has 0 bridgehead atoms. The molecular weight excluding hydrogens is 371 g/mol. The molecule has 0 spiro atoms. The molecule has 28 heavy (non-hydrogen) atoms. The maximum atomic E-state index is 13.0. The first-order chi connectivity index (χ1) is 13.4. The molecule has 3 rings (SSSR count). The van der Waals surface area contributed by atoms with Crippen LogP contribution in [0.3, 0.4) is 0 Å². The van der Waals surface area contributed by atoms with Crippen LogP contribution in [0, 0.1) is 6.92 Å². The highest BCUT2D eigenvalue weighted by molar-refractivity contribution is 5.80. The van der Waals surface area contributed by atoms with E-state index in [0.29, 0.717) is 43.6 Å². The van der Waals surface area contributed by atoms with E-state index in [1.54, 1.807) is 19.3 Å². The summed E-state index contributed by atoms with van der Waals surface area (Å²) in [6.45, 7) is 3.69. The molecule has 6 nitrogen and oxygen atoms in total. The van der Waals surface area contributed by atoms with E-state index in [-0.39, 0.29) is 0 Å². The van der Waals surface area contributed by atoms with E-state index in [0.717, 1.165) is 17.8 Å². The van der Waals surface area contributed by atoms with E-state index in [1.807, 2.05) is 17.9 Å². The molecule has 1 aliphatic heterocycles. The lowest BCUT2D eigenvalue weighted by atomic mass is 10.0. The largest absolute Gasteiger partial charge is 0.416 e. The third-order valence-electron chi connectivity index (χ3n) is 4.42. The van der Waals surface area contributed by atoms with Crippen molar-refractivity contribution in [3.63, 3.8) is 0 Å². The van der Waals surface area contributed by atoms with Crippen molar-refractivity contribution in [1.29, 1.82) is 0 Å². The number of rotatable bonds is 3. The number of guanidine groups is 1. The van der Waals surface area contributed by atoms with E-state index < -0.39 is 17.8 Å². The van der Waals surface area contributed by atoms with Gasteiger partial charge in [-0.05, 0) is 30.7 Å². The molecule has 2 aromatic rings. The van der Waals surface area contributed by atoms with Gasteiger partial charge < -0.3 is 15.0 Å². The Morgan fingerprint density at radius 1 is 1.36 bits per heavy atom. The van der Waals surface area contributed by atoms with Gasteiger partial charge in [0, 0.05) is 19.8 Å². The van der Waals surface area contributed by atoms with Crippen LogP contribution in [0.4, 0.5) is 13.2 Å². The average molecular weight is 393 g/mol. The number of nitrogens with zero attached hydrogens (tertiary/aromatic N) is 4. The van der Waals surface area contributed by atoms with Crippen LogP contribution in [-0.4, -0.2) is 47.6 Å². The van der Waals surface area contributed by atoms with Gasteiger partial charge in [-0.2, -0.15) is 13.2 Å². The fourth-order valence-corrected chi connectivity index (χ4v) is 3.06. The Kier molecular flexibility index (Phi) is 6.13. The summed E-state index contributed by atoms with van der Waals surface area (Å²) in [5, 5.41) is 3.24. The number of alkyl halides is 3. The zero-order valence-corrected chi connectivity index (χ0v) is 15.7. The fraction of sp³-hybridized carbons (Fsp3) is 0.421. The van der Waals surface area contributed by atoms with Crippen LogP contribution in [-0.2, 0) is 17.5 Å². The predicted molar refractivity (Wildman–Crippen MR) is 98.7 cm³/mol. The maximum Gasteiger partial charge on any atom is 0.416 e. The first-order valence-corrected chi connectivity index (χ1v) is 8.89. The second kappa shape index (κ2) is 8.55. The Morgan fingerprint density at radius 2 is 2.18 bits per heavy atom. The highest BCUT2D eigenvalue weighted by atomic mass is 19.4. The highest BCUT2D eigenvalue weighted by Gasteiger charge is 2.32. The molecule has 1 saturated heterocycles. The van der Waals surface area contributed by atoms with Crippen LogP contribution in [0.5, 0.6) is 0 Å². The molecule has 1 N–H and O–H groups in total. The first kappa shape index (κ1) is 20.1. The molecule has 0 amide bonds. The summed E-state index contributed by atoms with van der Waals surface area (Å²) in [7, 11) is 1.67. The van der Waals surface area contributed by atoms with Gasteiger partial charge in [0.2, 0.25) is 0 Å². The van der Waals surface area contributed by atoms with Crippen LogP contribution >= 0.6 is 0 Å². The van der Waals surface area contributed by atoms with Crippen molar-refractivity contribution in [2.45, 2.75) is 25.7 Å². The number of benzene rings is 1. The molecule has 1 atom stereocenters. The second-order valence-corrected chi connectivity index (χ2v) is 6.42. The number of halogens is 3. The average Bonchev–Trinajstić information content (AvgIpc) is 2.68. The topological polar surface area (TPSA) is 62.6 Å². The summed E-state index contributed by atoms with van der Waals surface area (Å²) in [4.78, 5) is 14.7. The van der Waals surface area contributed by atoms with Crippen molar-refractivity contribution < 1.29 is 17.9 Å². The maximum absolute atomic E-state index is 13.0. The molecule has 0 radical (unpaired) electrons. The molecule has 2 heterocycles. The summed E-state index contributed by atoms with van der Waals surface area (Å²) < 4.78 is 44.7. The fourth-order valence-electron chi connectivity index (χ4n) is 3.06. The van der Waals surface area contributed by atoms with E-state index >= 15 is 0 Å². The predicted octanol–water partition coefficient (Wildman–Crippen LogP) is 2.95. The third kappa shape index (κ3) is 4.98. The van der Waals surface area contributed by atoms with Crippen molar-refractivity contribution in [2.24, 2.45) is 4.99 Å². The van der Waals surface area contributed by atoms with Crippen molar-refractivity contribution in [2.75, 3.05) is 26.7 Å². The minimum Gasteiger partial charge on any atom is -0.370 e. The minimum absolute atomic E-state index is 0.397. The van der Waals surface area contributed by atoms with E-state index in [4.69, 9.17) is 4.74 Å². The van der Waals surface area contributed by atoms with Gasteiger partial charge >= 0.3 is 6.18 Å². The lowest BCUT2D eigenvalue weighted by molar-refractivity contribution is -0.137. The summed E-state index contributed by atoms with van der Waals surface area (Å²) in [6.07, 6.45) is -3.14. The Bertz CT molecular complexity index is 840. The standard InChI is InChI=1S/C19H22F3N5O/c1-13-24-7-6-16(26-13)11-25-18(23-2)27-8-9-28-17(12-27)14-4-3-5-15(10-14)19(20,21)22/h3-7,10,17H,8-9,11-12H2,1-2H3,(H,23,25). The molecule has 9 heteroatoms. The van der Waals surface area contributed by atoms with E-state index in [9.17, 15) is 13.2 Å². The molecular formula is C19H22F3N5O. The van der Waals surface area contributed by atoms with Gasteiger partial charge in [-0.25, -0.2) is 9.97 Å². The molecule has 1 fully saturated rings. The zero-order valence-electron chi connectivity index (χ0n) is 15.7. The lowest BCUT2D eigenvalue weighted by Gasteiger charge is -2.35. The first-order valence-electron chi connectivity index (χ1n) is 8.89. The van der Waals surface area contributed by atoms with Gasteiger partial charge in [0.05, 0.1) is 31.0 Å². The molecule has 150 valence electrons. The number of morpholine rings is 1. The van der Waals surface area contributed by atoms with Crippen molar-refractivity contribution in [1.82, 2.24) is 20.2 Å². The minimum atomic E-state index is -4.38. The zero-order chi connectivity index (χ0) is 20.1. The third-order valence-corrected chi connectivity index (χ3v) is 4.42. The Labute approximate surface area is 161 Å². The number of aliphatic imine (C=N–C) groups is 1. The summed E-state index contributed by atoms with van der Waals surface area (Å²) in [5.41, 5.74) is 0.658. The van der Waals surface area contributed by atoms with Crippen molar-refractivity contribution >= 4 is 5.96 Å². The molecule has 1 aromatic heterocycles. The lowest BCUT2D eigenvalue weighted by Crippen LogP contribution is -2.48. The molecule has 1 aliphatic rings. The Balaban J connectivity index is 1.68. The number of hydrogen-bond acceptors (Lipinski definition) is 4. The van der Waals surface area contributed by atoms with E-state index in [2.05, 4.69) is 20.3 Å². The number of nitrogens with one attached hydrogen (secondary N) is 1. The second-order valence-electron chi connectivity index (χ2n) is 6.42. The summed E-state index contributed by atoms with van der Waals surface area (Å²) >= 11 is 0. The van der Waals surface area contributed by atoms with Crippen LogP contribution in [0.15, 0.2) is 41.5 Å². The molecule has 0 saturated carbocycles. The smallest absolute Gasteiger partial charge is 0.370 e. The number of aromatic nitrogens is 2. The van der Waals surface area contributed by atoms with Crippen LogP contribution in [0.2, 0.25) is 0 Å². The van der Waals surface area contributed by atoms with Gasteiger partial charge in [-0.3, -0.25) is 4.99 Å². The monoisotopic (exact) mass is 393 g/mol. The van der Waals surface area contributed by atoms with Gasteiger partial charge in [-0.1, -0.05) is 12.1 Å². The van der Waals surface area contributed by atoms with Crippen LogP contribution in [0.1, 0.15) is 28.7 Å². The van der Waals surface area contributed by atoms with Gasteiger partial charge in [0.15, 0.2) is 5.96 Å². The number of ether oxygens (including phenoxy) is 1. The van der Waals surface area contributed by atoms with Gasteiger partial charge in [0.25, 0.3) is 0 Å². The van der Waals surface area contributed by atoms with Crippen LogP contribution in [0.25, 0.3) is 0 Å². The van der Waals surface area contributed by atoms with Gasteiger partial charge in [0.1, 0.15) is 11.9 Å². The van der Waals surface area contributed by atoms with Crippen molar-refractivity contribution in [3.8, 4) is 0 Å². The summed E-state index contributed by atoms with van der Waals surface area (Å²) in [6, 6.07) is 7.09. The molecule has 0 aliphatic carbocycles. The Morgan fingerprint density at radius 3 is 2.89 bits per heavy atom. The normalized spacial score (nSPS) is 18.2. The van der Waals surface area contributed by atoms with Crippen LogP contribution < -0.4 is 5.32 Å². The van der Waals surface area contributed by atoms with E-state index in [1.165, 1.54) is 6.07 Å². The Hall–Kier alpha value is -2.68. The number of aryl methyl sites for hydroxylation is 1. The molecule has 1 unspecified atom stereocenters. The molecule has 1 aromatic carbocycles. The summed E-state index contributed by atoms with van der Waals surface area (Å²) in [5.74, 6) is 1.34.